The number of rotatable bonds is 2. The molecule has 3 N–H and O–H groups in total. The molecule has 0 aromatic heterocycles. The Balaban J connectivity index is 0.00000141. The fourth-order valence-corrected chi connectivity index (χ4v) is 4.51. The molecule has 32 heavy (non-hydrogen) atoms. The number of nitrogens with two attached hydrogens (primary N) is 1. The Morgan fingerprint density at radius 2 is 1.88 bits per heavy atom. The Hall–Kier alpha value is -3.28. The molecule has 1 spiro atoms. The molecule has 4 rings (SSSR count). The number of phenolic OH excluding ortho intramolecular Hbond substituents is 1. The molecule has 0 aliphatic carbocycles. The highest BCUT2D eigenvalue weighted by Gasteiger charge is 2.46. The van der Waals surface area contributed by atoms with Crippen LogP contribution >= 0.6 is 0 Å². The second kappa shape index (κ2) is 9.90. The van der Waals surface area contributed by atoms with Crippen molar-refractivity contribution in [1.82, 2.24) is 4.90 Å². The van der Waals surface area contributed by atoms with Crippen LogP contribution in [0.15, 0.2) is 59.2 Å². The molecule has 2 aliphatic rings. The molecule has 1 saturated heterocycles. The Labute approximate surface area is 190 Å². The largest absolute Gasteiger partial charge is 0.507 e. The van der Waals surface area contributed by atoms with Gasteiger partial charge in [0.25, 0.3) is 5.91 Å². The molecule has 0 bridgehead atoms. The Bertz CT molecular complexity index is 1030. The van der Waals surface area contributed by atoms with E-state index in [9.17, 15) is 9.90 Å². The first kappa shape index (κ1) is 23.4. The average Bonchev–Trinajstić information content (AvgIpc) is 2.84. The van der Waals surface area contributed by atoms with Crippen molar-refractivity contribution in [3.8, 4) is 11.5 Å². The standard InChI is InChI=1S/C24H27N3O3.C2H6/c1-3-16-7-6-9-18(22(16)28)23(29)27-13-11-24(12-14-27)19(15-25)21(26-2)17-8-4-5-10-20(17)30-24;1-2/h4-10,15,28H,3,11-14,25H2,1-2H3;1-2H3/b19-15+,26-21?;. The van der Waals surface area contributed by atoms with Crippen LogP contribution in [0.1, 0.15) is 55.1 Å². The lowest BCUT2D eigenvalue weighted by Gasteiger charge is -2.46. The lowest BCUT2D eigenvalue weighted by atomic mass is 9.78. The minimum atomic E-state index is -0.609. The average molecular weight is 436 g/mol. The van der Waals surface area contributed by atoms with Gasteiger partial charge in [-0.25, -0.2) is 0 Å². The van der Waals surface area contributed by atoms with Crippen LogP contribution in [0.5, 0.6) is 11.5 Å². The van der Waals surface area contributed by atoms with E-state index in [-0.39, 0.29) is 11.7 Å². The van der Waals surface area contributed by atoms with E-state index in [1.165, 1.54) is 0 Å². The molecule has 0 unspecified atom stereocenters. The molecule has 2 aromatic rings. The van der Waals surface area contributed by atoms with Gasteiger partial charge in [-0.3, -0.25) is 9.79 Å². The Morgan fingerprint density at radius 3 is 2.50 bits per heavy atom. The first-order valence-corrected chi connectivity index (χ1v) is 11.3. The monoisotopic (exact) mass is 435 g/mol. The third-order valence-corrected chi connectivity index (χ3v) is 6.17. The van der Waals surface area contributed by atoms with Crippen molar-refractivity contribution >= 4 is 11.6 Å². The summed E-state index contributed by atoms with van der Waals surface area (Å²) in [6.45, 7) is 6.97. The molecule has 1 amide bonds. The first-order valence-electron chi connectivity index (χ1n) is 11.3. The van der Waals surface area contributed by atoms with Gasteiger partial charge in [-0.2, -0.15) is 0 Å². The number of likely N-dealkylation sites (tertiary alicyclic amines) is 1. The zero-order chi connectivity index (χ0) is 23.3. The van der Waals surface area contributed by atoms with E-state index in [4.69, 9.17) is 10.5 Å². The van der Waals surface area contributed by atoms with Gasteiger partial charge in [0.2, 0.25) is 0 Å². The summed E-state index contributed by atoms with van der Waals surface area (Å²) in [6.07, 6.45) is 3.46. The summed E-state index contributed by atoms with van der Waals surface area (Å²) < 4.78 is 6.47. The van der Waals surface area contributed by atoms with Gasteiger partial charge in [-0.1, -0.05) is 45.0 Å². The summed E-state index contributed by atoms with van der Waals surface area (Å²) in [6, 6.07) is 13.2. The minimum Gasteiger partial charge on any atom is -0.507 e. The number of piperidine rings is 1. The molecule has 2 aromatic carbocycles. The highest BCUT2D eigenvalue weighted by Crippen LogP contribution is 2.43. The zero-order valence-electron chi connectivity index (χ0n) is 19.4. The molecule has 0 atom stereocenters. The number of aryl methyl sites for hydroxylation is 1. The lowest BCUT2D eigenvalue weighted by Crippen LogP contribution is -2.54. The van der Waals surface area contributed by atoms with Crippen LogP contribution in [0.3, 0.4) is 0 Å². The summed E-state index contributed by atoms with van der Waals surface area (Å²) in [5.74, 6) is 0.712. The second-order valence-electron chi connectivity index (χ2n) is 7.70. The first-order chi connectivity index (χ1) is 15.5. The van der Waals surface area contributed by atoms with Crippen LogP contribution in [0.2, 0.25) is 0 Å². The van der Waals surface area contributed by atoms with Crippen LogP contribution in [0, 0.1) is 0 Å². The molecule has 170 valence electrons. The number of carbonyl (C=O) groups is 1. The van der Waals surface area contributed by atoms with Gasteiger partial charge in [0, 0.05) is 50.3 Å². The number of aliphatic imine (C=N–C) groups is 1. The fourth-order valence-electron chi connectivity index (χ4n) is 4.51. The number of nitrogens with zero attached hydrogens (tertiary/aromatic N) is 2. The number of ether oxygens (including phenoxy) is 1. The van der Waals surface area contributed by atoms with E-state index >= 15 is 0 Å². The SMILES string of the molecule is CC.CCc1cccc(C(=O)N2CCC3(CC2)Oc2ccccc2C(=NC)/C3=C\N)c1O. The van der Waals surface area contributed by atoms with Crippen LogP contribution in [-0.4, -0.2) is 47.4 Å². The minimum absolute atomic E-state index is 0.0797. The maximum Gasteiger partial charge on any atom is 0.257 e. The van der Waals surface area contributed by atoms with Crippen LogP contribution in [0.4, 0.5) is 0 Å². The van der Waals surface area contributed by atoms with Crippen molar-refractivity contribution in [2.45, 2.75) is 45.6 Å². The summed E-state index contributed by atoms with van der Waals surface area (Å²) >= 11 is 0. The van der Waals surface area contributed by atoms with Crippen molar-refractivity contribution in [2.24, 2.45) is 10.7 Å². The van der Waals surface area contributed by atoms with Gasteiger partial charge in [0.15, 0.2) is 0 Å². The molecule has 2 heterocycles. The number of carbonyl (C=O) groups excluding carboxylic acids is 1. The number of amides is 1. The third-order valence-electron chi connectivity index (χ3n) is 6.17. The zero-order valence-corrected chi connectivity index (χ0v) is 19.4. The molecule has 6 nitrogen and oxygen atoms in total. The van der Waals surface area contributed by atoms with Crippen molar-refractivity contribution < 1.29 is 14.6 Å². The van der Waals surface area contributed by atoms with Crippen molar-refractivity contribution in [1.29, 1.82) is 0 Å². The van der Waals surface area contributed by atoms with E-state index in [0.29, 0.717) is 37.9 Å². The van der Waals surface area contributed by atoms with E-state index in [0.717, 1.165) is 28.2 Å². The van der Waals surface area contributed by atoms with Crippen molar-refractivity contribution in [2.75, 3.05) is 20.1 Å². The highest BCUT2D eigenvalue weighted by atomic mass is 16.5. The summed E-state index contributed by atoms with van der Waals surface area (Å²) in [5, 5.41) is 10.5. The normalized spacial score (nSPS) is 19.2. The molecule has 1 fully saturated rings. The molecular formula is C26H33N3O3. The van der Waals surface area contributed by atoms with E-state index in [2.05, 4.69) is 4.99 Å². The van der Waals surface area contributed by atoms with Gasteiger partial charge in [-0.05, 0) is 30.2 Å². The number of hydrogen-bond donors (Lipinski definition) is 2. The molecule has 0 saturated carbocycles. The molecular weight excluding hydrogens is 402 g/mol. The highest BCUT2D eigenvalue weighted by molar-refractivity contribution is 6.16. The lowest BCUT2D eigenvalue weighted by molar-refractivity contribution is 0.0283. The fraction of sp³-hybridized carbons (Fsp3) is 0.385. The van der Waals surface area contributed by atoms with Crippen LogP contribution in [-0.2, 0) is 6.42 Å². The number of fused-ring (bicyclic) bond motifs is 1. The molecule has 0 radical (unpaired) electrons. The van der Waals surface area contributed by atoms with Gasteiger partial charge in [0.1, 0.15) is 17.1 Å². The maximum atomic E-state index is 13.1. The van der Waals surface area contributed by atoms with Crippen molar-refractivity contribution in [3.05, 3.63) is 70.9 Å². The predicted octanol–water partition coefficient (Wildman–Crippen LogP) is 4.31. The van der Waals surface area contributed by atoms with Crippen LogP contribution in [0.25, 0.3) is 0 Å². The number of aromatic hydroxyl groups is 1. The van der Waals surface area contributed by atoms with E-state index < -0.39 is 5.60 Å². The van der Waals surface area contributed by atoms with Gasteiger partial charge in [0.05, 0.1) is 11.3 Å². The second-order valence-corrected chi connectivity index (χ2v) is 7.70. The molecule has 2 aliphatic heterocycles. The molecule has 6 heteroatoms. The topological polar surface area (TPSA) is 88.2 Å². The summed E-state index contributed by atoms with van der Waals surface area (Å²) in [5.41, 5.74) is 9.19. The Kier molecular flexibility index (Phi) is 7.23. The van der Waals surface area contributed by atoms with Gasteiger partial charge in [-0.15, -0.1) is 0 Å². The Morgan fingerprint density at radius 1 is 1.19 bits per heavy atom. The van der Waals surface area contributed by atoms with Crippen LogP contribution < -0.4 is 10.5 Å². The van der Waals surface area contributed by atoms with Gasteiger partial charge < -0.3 is 20.5 Å². The van der Waals surface area contributed by atoms with E-state index in [1.807, 2.05) is 57.2 Å². The summed E-state index contributed by atoms with van der Waals surface area (Å²) in [4.78, 5) is 19.4. The number of phenols is 1. The number of hydrogen-bond acceptors (Lipinski definition) is 5. The van der Waals surface area contributed by atoms with E-state index in [1.54, 1.807) is 24.2 Å². The number of para-hydroxylation sites is 2. The predicted molar refractivity (Wildman–Crippen MR) is 129 cm³/mol. The third kappa shape index (κ3) is 3.97. The maximum absolute atomic E-state index is 13.1. The quantitative estimate of drug-likeness (QED) is 0.736. The smallest absolute Gasteiger partial charge is 0.257 e. The number of benzene rings is 2. The summed E-state index contributed by atoms with van der Waals surface area (Å²) in [7, 11) is 1.76. The van der Waals surface area contributed by atoms with Crippen molar-refractivity contribution in [3.63, 3.8) is 0 Å². The van der Waals surface area contributed by atoms with Gasteiger partial charge >= 0.3 is 0 Å².